The summed E-state index contributed by atoms with van der Waals surface area (Å²) in [6.07, 6.45) is 0. The van der Waals surface area contributed by atoms with Gasteiger partial charge in [0.1, 0.15) is 0 Å². The van der Waals surface area contributed by atoms with Crippen LogP contribution in [0.5, 0.6) is 0 Å². The molecule has 4 aromatic rings. The summed E-state index contributed by atoms with van der Waals surface area (Å²) in [6, 6.07) is 29.6. The van der Waals surface area contributed by atoms with E-state index in [9.17, 15) is 0 Å². The second-order valence-corrected chi connectivity index (χ2v) is 12.4. The van der Waals surface area contributed by atoms with E-state index in [1.54, 1.807) is 0 Å². The van der Waals surface area contributed by atoms with Gasteiger partial charge < -0.3 is 4.90 Å². The number of hydrogen-bond donors (Lipinski definition) is 0. The number of fused-ring (bicyclic) bond motifs is 5. The van der Waals surface area contributed by atoms with Gasteiger partial charge in [0.2, 0.25) is 0 Å². The van der Waals surface area contributed by atoms with Gasteiger partial charge in [-0.25, -0.2) is 0 Å². The van der Waals surface area contributed by atoms with E-state index in [0.29, 0.717) is 0 Å². The van der Waals surface area contributed by atoms with Crippen molar-refractivity contribution >= 4 is 22.1 Å². The van der Waals surface area contributed by atoms with E-state index in [-0.39, 0.29) is 16.4 Å². The predicted molar refractivity (Wildman–Crippen MR) is 149 cm³/mol. The van der Waals surface area contributed by atoms with Gasteiger partial charge in [0, 0.05) is 22.3 Å². The minimum atomic E-state index is -0.0558. The Labute approximate surface area is 205 Å². The Bertz CT molecular complexity index is 1380. The Hall–Kier alpha value is -3.06. The summed E-state index contributed by atoms with van der Waals surface area (Å²) in [5, 5.41) is 2.66. The zero-order chi connectivity index (χ0) is 24.5. The van der Waals surface area contributed by atoms with Crippen molar-refractivity contribution < 1.29 is 0 Å². The highest BCUT2D eigenvalue weighted by Crippen LogP contribution is 2.52. The molecule has 0 atom stereocenters. The third kappa shape index (κ3) is 3.54. The van der Waals surface area contributed by atoms with E-state index in [0.717, 1.165) is 0 Å². The first-order valence-electron chi connectivity index (χ1n) is 12.5. The Morgan fingerprint density at radius 2 is 1.29 bits per heavy atom. The molecule has 5 rings (SSSR count). The molecule has 174 valence electrons. The van der Waals surface area contributed by atoms with Crippen LogP contribution < -0.4 is 4.90 Å². The van der Waals surface area contributed by atoms with Gasteiger partial charge in [-0.3, -0.25) is 0 Å². The quantitative estimate of drug-likeness (QED) is 0.296. The summed E-state index contributed by atoms with van der Waals surface area (Å²) in [4.78, 5) is 2.48. The number of benzene rings is 4. The third-order valence-electron chi connectivity index (χ3n) is 7.47. The second-order valence-electron chi connectivity index (χ2n) is 12.4. The zero-order valence-electron chi connectivity index (χ0n) is 22.0. The molecule has 1 aliphatic rings. The Morgan fingerprint density at radius 1 is 0.647 bits per heavy atom. The molecule has 1 nitrogen and oxygen atoms in total. The largest absolute Gasteiger partial charge is 0.336 e. The molecule has 0 radical (unpaired) electrons. The van der Waals surface area contributed by atoms with Crippen molar-refractivity contribution in [1.29, 1.82) is 0 Å². The average Bonchev–Trinajstić information content (AvgIpc) is 3.00. The first-order valence-corrected chi connectivity index (χ1v) is 12.5. The van der Waals surface area contributed by atoms with Crippen LogP contribution in [0.2, 0.25) is 0 Å². The lowest BCUT2D eigenvalue weighted by Crippen LogP contribution is -2.37. The molecular weight excluding hydrogens is 410 g/mol. The van der Waals surface area contributed by atoms with Crippen LogP contribution in [0.15, 0.2) is 78.9 Å². The fraction of sp³-hybridized carbons (Fsp3) is 0.333. The highest BCUT2D eigenvalue weighted by molar-refractivity contribution is 6.02. The third-order valence-corrected chi connectivity index (χ3v) is 7.47. The van der Waals surface area contributed by atoms with E-state index in [1.165, 1.54) is 50.0 Å². The van der Waals surface area contributed by atoms with Crippen LogP contribution in [-0.4, -0.2) is 5.54 Å². The maximum absolute atomic E-state index is 2.48. The van der Waals surface area contributed by atoms with Crippen LogP contribution in [0.25, 0.3) is 21.9 Å². The summed E-state index contributed by atoms with van der Waals surface area (Å²) in [5.41, 5.74) is 9.52. The lowest BCUT2D eigenvalue weighted by molar-refractivity contribution is 0.558. The Kier molecular flexibility index (Phi) is 4.99. The average molecular weight is 448 g/mol. The van der Waals surface area contributed by atoms with Crippen molar-refractivity contribution in [3.8, 4) is 11.1 Å². The summed E-state index contributed by atoms with van der Waals surface area (Å²) >= 11 is 0. The topological polar surface area (TPSA) is 3.24 Å². The molecule has 1 aliphatic carbocycles. The molecule has 0 aliphatic heterocycles. The van der Waals surface area contributed by atoms with Crippen LogP contribution >= 0.6 is 0 Å². The standard InChI is InChI=1S/C33H37N/c1-31(2,3)23-14-16-24(17-15-23)34(32(4,5)6)25-18-19-27-29(21-25)33(7,8)28-20-13-22-11-9-10-12-26(22)30(27)28/h9-21H,1-8H3. The zero-order valence-corrected chi connectivity index (χ0v) is 22.0. The van der Waals surface area contributed by atoms with Gasteiger partial charge in [0.25, 0.3) is 0 Å². The van der Waals surface area contributed by atoms with Crippen LogP contribution in [0.1, 0.15) is 72.1 Å². The van der Waals surface area contributed by atoms with Gasteiger partial charge in [0.15, 0.2) is 0 Å². The first-order chi connectivity index (χ1) is 15.9. The number of anilines is 2. The van der Waals surface area contributed by atoms with E-state index < -0.39 is 0 Å². The maximum Gasteiger partial charge on any atom is 0.0419 e. The predicted octanol–water partition coefficient (Wildman–Crippen LogP) is 9.38. The lowest BCUT2D eigenvalue weighted by Gasteiger charge is -2.39. The normalized spacial score (nSPS) is 14.7. The minimum Gasteiger partial charge on any atom is -0.336 e. The van der Waals surface area contributed by atoms with Gasteiger partial charge in [-0.1, -0.05) is 89.2 Å². The molecule has 4 aromatic carbocycles. The van der Waals surface area contributed by atoms with Gasteiger partial charge in [-0.15, -0.1) is 0 Å². The molecule has 0 unspecified atom stereocenters. The molecule has 34 heavy (non-hydrogen) atoms. The van der Waals surface area contributed by atoms with E-state index in [2.05, 4.69) is 139 Å². The molecule has 0 amide bonds. The molecule has 0 saturated carbocycles. The van der Waals surface area contributed by atoms with Gasteiger partial charge >= 0.3 is 0 Å². The summed E-state index contributed by atoms with van der Waals surface area (Å²) in [5.74, 6) is 0. The molecule has 0 fully saturated rings. The SMILES string of the molecule is CC(C)(C)c1ccc(N(c2ccc3c(c2)C(C)(C)c2ccc4ccccc4c2-3)C(C)(C)C)cc1. The molecule has 0 heterocycles. The van der Waals surface area contributed by atoms with Crippen LogP contribution in [0, 0.1) is 0 Å². The number of nitrogens with zero attached hydrogens (tertiary/aromatic N) is 1. The highest BCUT2D eigenvalue weighted by Gasteiger charge is 2.37. The number of hydrogen-bond acceptors (Lipinski definition) is 1. The van der Waals surface area contributed by atoms with Crippen LogP contribution in [0.4, 0.5) is 11.4 Å². The Balaban J connectivity index is 1.67. The van der Waals surface area contributed by atoms with Gasteiger partial charge in [-0.2, -0.15) is 0 Å². The molecule has 0 saturated heterocycles. The Morgan fingerprint density at radius 3 is 1.94 bits per heavy atom. The maximum atomic E-state index is 2.48. The second kappa shape index (κ2) is 7.47. The van der Waals surface area contributed by atoms with E-state index >= 15 is 0 Å². The fourth-order valence-corrected chi connectivity index (χ4v) is 5.67. The minimum absolute atomic E-state index is 0.0373. The summed E-state index contributed by atoms with van der Waals surface area (Å²) < 4.78 is 0. The van der Waals surface area contributed by atoms with Crippen molar-refractivity contribution in [2.24, 2.45) is 0 Å². The smallest absolute Gasteiger partial charge is 0.0419 e. The summed E-state index contributed by atoms with van der Waals surface area (Å²) in [7, 11) is 0. The van der Waals surface area contributed by atoms with Crippen LogP contribution in [0.3, 0.4) is 0 Å². The molecule has 0 bridgehead atoms. The van der Waals surface area contributed by atoms with Crippen molar-refractivity contribution in [3.05, 3.63) is 95.6 Å². The molecule has 0 aromatic heterocycles. The van der Waals surface area contributed by atoms with Crippen molar-refractivity contribution in [3.63, 3.8) is 0 Å². The van der Waals surface area contributed by atoms with Crippen molar-refractivity contribution in [1.82, 2.24) is 0 Å². The lowest BCUT2D eigenvalue weighted by atomic mass is 9.81. The van der Waals surface area contributed by atoms with Gasteiger partial charge in [-0.05, 0) is 89.0 Å². The first kappa shape index (κ1) is 22.7. The van der Waals surface area contributed by atoms with Gasteiger partial charge in [0.05, 0.1) is 0 Å². The van der Waals surface area contributed by atoms with E-state index in [4.69, 9.17) is 0 Å². The molecule has 0 N–H and O–H groups in total. The van der Waals surface area contributed by atoms with Crippen LogP contribution in [-0.2, 0) is 10.8 Å². The van der Waals surface area contributed by atoms with E-state index in [1.807, 2.05) is 0 Å². The monoisotopic (exact) mass is 447 g/mol. The van der Waals surface area contributed by atoms with Crippen molar-refractivity contribution in [2.75, 3.05) is 4.90 Å². The van der Waals surface area contributed by atoms with Crippen molar-refractivity contribution in [2.45, 2.75) is 71.8 Å². The number of rotatable bonds is 2. The summed E-state index contributed by atoms with van der Waals surface area (Å²) in [6.45, 7) is 18.4. The highest BCUT2D eigenvalue weighted by atomic mass is 15.2. The molecular formula is C33H37N. The fourth-order valence-electron chi connectivity index (χ4n) is 5.67. The molecule has 0 spiro atoms. The molecule has 1 heteroatoms.